The second-order valence-corrected chi connectivity index (χ2v) is 5.76. The van der Waals surface area contributed by atoms with Gasteiger partial charge in [0.05, 0.1) is 0 Å². The van der Waals surface area contributed by atoms with E-state index in [0.29, 0.717) is 6.04 Å². The molecule has 106 valence electrons. The minimum Gasteiger partial charge on any atom is -0.309 e. The first kappa shape index (κ1) is 14.5. The quantitative estimate of drug-likeness (QED) is 0.771. The van der Waals surface area contributed by atoms with E-state index in [9.17, 15) is 0 Å². The molecule has 0 aliphatic heterocycles. The van der Waals surface area contributed by atoms with Crippen LogP contribution in [-0.2, 0) is 0 Å². The first-order valence-corrected chi connectivity index (χ1v) is 7.75. The van der Waals surface area contributed by atoms with Gasteiger partial charge in [0.1, 0.15) is 0 Å². The summed E-state index contributed by atoms with van der Waals surface area (Å²) in [5.74, 6) is 0.971. The van der Waals surface area contributed by atoms with E-state index in [1.165, 1.54) is 30.5 Å². The Kier molecular flexibility index (Phi) is 5.41. The molecule has 0 bridgehead atoms. The van der Waals surface area contributed by atoms with E-state index in [4.69, 9.17) is 0 Å². The molecule has 0 heterocycles. The van der Waals surface area contributed by atoms with Crippen LogP contribution in [0.25, 0.3) is 0 Å². The predicted molar refractivity (Wildman–Crippen MR) is 82.4 cm³/mol. The zero-order valence-corrected chi connectivity index (χ0v) is 12.7. The van der Waals surface area contributed by atoms with Crippen LogP contribution in [0, 0.1) is 12.8 Å². The number of nitrogens with zero attached hydrogens (tertiary/aromatic N) is 1. The summed E-state index contributed by atoms with van der Waals surface area (Å²) in [6.07, 6.45) is 2.87. The standard InChI is InChI=1S/C17H28N2/c1-4-18-17(16-9-7-6-8-14(16)3)13-19(5-2)12-15-10-11-15/h6-9,15,17-18H,4-5,10-13H2,1-3H3. The van der Waals surface area contributed by atoms with Crippen molar-refractivity contribution in [2.24, 2.45) is 5.92 Å². The molecule has 0 spiro atoms. The average Bonchev–Trinajstić information content (AvgIpc) is 3.22. The topological polar surface area (TPSA) is 15.3 Å². The molecule has 2 heteroatoms. The zero-order chi connectivity index (χ0) is 13.7. The Balaban J connectivity index is 2.03. The van der Waals surface area contributed by atoms with Gasteiger partial charge in [-0.05, 0) is 49.9 Å². The van der Waals surface area contributed by atoms with Crippen LogP contribution < -0.4 is 5.32 Å². The number of benzene rings is 1. The fraction of sp³-hybridized carbons (Fsp3) is 0.647. The molecule has 1 aromatic rings. The van der Waals surface area contributed by atoms with Gasteiger partial charge >= 0.3 is 0 Å². The van der Waals surface area contributed by atoms with Crippen molar-refractivity contribution < 1.29 is 0 Å². The third-order valence-electron chi connectivity index (χ3n) is 4.12. The lowest BCUT2D eigenvalue weighted by Crippen LogP contribution is -2.36. The molecule has 0 saturated heterocycles. The van der Waals surface area contributed by atoms with Crippen molar-refractivity contribution >= 4 is 0 Å². The number of hydrogen-bond donors (Lipinski definition) is 1. The van der Waals surface area contributed by atoms with Crippen LogP contribution in [0.2, 0.25) is 0 Å². The Morgan fingerprint density at radius 2 is 2.00 bits per heavy atom. The third kappa shape index (κ3) is 4.32. The van der Waals surface area contributed by atoms with E-state index in [-0.39, 0.29) is 0 Å². The van der Waals surface area contributed by atoms with E-state index < -0.39 is 0 Å². The Morgan fingerprint density at radius 1 is 1.26 bits per heavy atom. The molecule has 0 aromatic heterocycles. The molecule has 1 N–H and O–H groups in total. The summed E-state index contributed by atoms with van der Waals surface area (Å²) in [5.41, 5.74) is 2.86. The molecule has 1 aromatic carbocycles. The van der Waals surface area contributed by atoms with Crippen LogP contribution in [0.5, 0.6) is 0 Å². The molecule has 1 aliphatic carbocycles. The number of rotatable bonds is 8. The highest BCUT2D eigenvalue weighted by atomic mass is 15.1. The van der Waals surface area contributed by atoms with E-state index in [2.05, 4.69) is 55.3 Å². The number of likely N-dealkylation sites (N-methyl/N-ethyl adjacent to an activating group) is 2. The molecule has 1 unspecified atom stereocenters. The van der Waals surface area contributed by atoms with Crippen LogP contribution in [-0.4, -0.2) is 31.1 Å². The van der Waals surface area contributed by atoms with Gasteiger partial charge in [-0.25, -0.2) is 0 Å². The second-order valence-electron chi connectivity index (χ2n) is 5.76. The predicted octanol–water partition coefficient (Wildman–Crippen LogP) is 3.38. The molecule has 0 radical (unpaired) electrons. The second kappa shape index (κ2) is 7.06. The summed E-state index contributed by atoms with van der Waals surface area (Å²) >= 11 is 0. The van der Waals surface area contributed by atoms with Crippen LogP contribution in [0.4, 0.5) is 0 Å². The normalized spacial score (nSPS) is 16.8. The molecule has 2 nitrogen and oxygen atoms in total. The summed E-state index contributed by atoms with van der Waals surface area (Å²) in [5, 5.41) is 3.66. The largest absolute Gasteiger partial charge is 0.309 e. The molecule has 1 atom stereocenters. The van der Waals surface area contributed by atoms with Crippen molar-refractivity contribution in [2.45, 2.75) is 39.7 Å². The molecule has 1 aliphatic rings. The van der Waals surface area contributed by atoms with E-state index in [1.54, 1.807) is 0 Å². The Labute approximate surface area is 118 Å². The van der Waals surface area contributed by atoms with Crippen LogP contribution in [0.15, 0.2) is 24.3 Å². The van der Waals surface area contributed by atoms with Crippen molar-refractivity contribution in [2.75, 3.05) is 26.2 Å². The van der Waals surface area contributed by atoms with Gasteiger partial charge in [0, 0.05) is 19.1 Å². The summed E-state index contributed by atoms with van der Waals surface area (Å²) in [6.45, 7) is 11.3. The minimum atomic E-state index is 0.463. The molecule has 0 amide bonds. The molecule has 1 saturated carbocycles. The number of hydrogen-bond acceptors (Lipinski definition) is 2. The van der Waals surface area contributed by atoms with Crippen molar-refractivity contribution in [3.63, 3.8) is 0 Å². The Hall–Kier alpha value is -0.860. The minimum absolute atomic E-state index is 0.463. The monoisotopic (exact) mass is 260 g/mol. The van der Waals surface area contributed by atoms with Crippen molar-refractivity contribution in [1.29, 1.82) is 0 Å². The smallest absolute Gasteiger partial charge is 0.0451 e. The van der Waals surface area contributed by atoms with Gasteiger partial charge in [-0.2, -0.15) is 0 Å². The van der Waals surface area contributed by atoms with Gasteiger partial charge in [0.2, 0.25) is 0 Å². The molecular weight excluding hydrogens is 232 g/mol. The van der Waals surface area contributed by atoms with Crippen molar-refractivity contribution in [3.8, 4) is 0 Å². The van der Waals surface area contributed by atoms with Crippen LogP contribution >= 0.6 is 0 Å². The highest BCUT2D eigenvalue weighted by Gasteiger charge is 2.25. The van der Waals surface area contributed by atoms with Crippen LogP contribution in [0.1, 0.15) is 43.9 Å². The summed E-state index contributed by atoms with van der Waals surface area (Å²) < 4.78 is 0. The maximum atomic E-state index is 3.66. The molecular formula is C17H28N2. The third-order valence-corrected chi connectivity index (χ3v) is 4.12. The van der Waals surface area contributed by atoms with Gasteiger partial charge in [-0.15, -0.1) is 0 Å². The maximum Gasteiger partial charge on any atom is 0.0451 e. The van der Waals surface area contributed by atoms with Gasteiger partial charge in [-0.3, -0.25) is 0 Å². The SMILES string of the molecule is CCNC(CN(CC)CC1CC1)c1ccccc1C. The molecule has 19 heavy (non-hydrogen) atoms. The number of aryl methyl sites for hydroxylation is 1. The van der Waals surface area contributed by atoms with Gasteiger partial charge in [0.25, 0.3) is 0 Å². The first-order chi connectivity index (χ1) is 9.24. The van der Waals surface area contributed by atoms with Gasteiger partial charge in [-0.1, -0.05) is 38.1 Å². The highest BCUT2D eigenvalue weighted by Crippen LogP contribution is 2.30. The Morgan fingerprint density at radius 3 is 2.58 bits per heavy atom. The van der Waals surface area contributed by atoms with Crippen LogP contribution in [0.3, 0.4) is 0 Å². The Bertz CT molecular complexity index is 385. The summed E-state index contributed by atoms with van der Waals surface area (Å²) in [4.78, 5) is 2.61. The van der Waals surface area contributed by atoms with Gasteiger partial charge < -0.3 is 10.2 Å². The molecule has 2 rings (SSSR count). The maximum absolute atomic E-state index is 3.66. The molecule has 1 fully saturated rings. The number of nitrogens with one attached hydrogen (secondary N) is 1. The zero-order valence-electron chi connectivity index (χ0n) is 12.7. The average molecular weight is 260 g/mol. The van der Waals surface area contributed by atoms with E-state index in [0.717, 1.165) is 25.6 Å². The fourth-order valence-electron chi connectivity index (χ4n) is 2.75. The van der Waals surface area contributed by atoms with Gasteiger partial charge in [0.15, 0.2) is 0 Å². The van der Waals surface area contributed by atoms with Crippen molar-refractivity contribution in [3.05, 3.63) is 35.4 Å². The summed E-state index contributed by atoms with van der Waals surface area (Å²) in [6, 6.07) is 9.24. The van der Waals surface area contributed by atoms with Crippen molar-refractivity contribution in [1.82, 2.24) is 10.2 Å². The van der Waals surface area contributed by atoms with E-state index in [1.807, 2.05) is 0 Å². The highest BCUT2D eigenvalue weighted by molar-refractivity contribution is 5.29. The van der Waals surface area contributed by atoms with E-state index >= 15 is 0 Å². The lowest BCUT2D eigenvalue weighted by molar-refractivity contribution is 0.245. The first-order valence-electron chi connectivity index (χ1n) is 7.75. The lowest BCUT2D eigenvalue weighted by Gasteiger charge is -2.28. The lowest BCUT2D eigenvalue weighted by atomic mass is 10.0. The fourth-order valence-corrected chi connectivity index (χ4v) is 2.75. The summed E-state index contributed by atoms with van der Waals surface area (Å²) in [7, 11) is 0.